The second kappa shape index (κ2) is 6.04. The van der Waals surface area contributed by atoms with Gasteiger partial charge in [0.1, 0.15) is 5.15 Å². The summed E-state index contributed by atoms with van der Waals surface area (Å²) < 4.78 is 7.47. The lowest BCUT2D eigenvalue weighted by Gasteiger charge is -2.32. The maximum absolute atomic E-state index is 6.27. The van der Waals surface area contributed by atoms with Crippen LogP contribution in [0, 0.1) is 6.92 Å². The minimum atomic E-state index is 0.375. The number of halogens is 1. The standard InChI is InChI=1S/C13H22ClN3O/c1-4-18-11-6-5-7-17(8-11)9-12-10(2)15-16(3)13(12)14/h11H,4-9H2,1-3H3. The van der Waals surface area contributed by atoms with Gasteiger partial charge in [0.2, 0.25) is 0 Å². The van der Waals surface area contributed by atoms with E-state index in [0.717, 1.165) is 42.7 Å². The minimum absolute atomic E-state index is 0.375. The number of likely N-dealkylation sites (tertiary alicyclic amines) is 1. The van der Waals surface area contributed by atoms with E-state index in [9.17, 15) is 0 Å². The smallest absolute Gasteiger partial charge is 0.131 e. The predicted molar refractivity (Wildman–Crippen MR) is 72.9 cm³/mol. The first-order valence-corrected chi connectivity index (χ1v) is 7.01. The average molecular weight is 272 g/mol. The van der Waals surface area contributed by atoms with Gasteiger partial charge in [-0.2, -0.15) is 5.10 Å². The van der Waals surface area contributed by atoms with Crippen molar-refractivity contribution in [1.29, 1.82) is 0 Å². The Balaban J connectivity index is 2.00. The van der Waals surface area contributed by atoms with E-state index in [-0.39, 0.29) is 0 Å². The van der Waals surface area contributed by atoms with E-state index in [4.69, 9.17) is 16.3 Å². The molecule has 1 aliphatic rings. The fourth-order valence-corrected chi connectivity index (χ4v) is 2.84. The maximum atomic E-state index is 6.27. The zero-order chi connectivity index (χ0) is 13.1. The number of nitrogens with zero attached hydrogens (tertiary/aromatic N) is 3. The highest BCUT2D eigenvalue weighted by molar-refractivity contribution is 6.30. The Hall–Kier alpha value is -0.580. The first kappa shape index (κ1) is 13.8. The molecule has 2 rings (SSSR count). The van der Waals surface area contributed by atoms with Crippen LogP contribution >= 0.6 is 11.6 Å². The van der Waals surface area contributed by atoms with Crippen LogP contribution in [0.1, 0.15) is 31.0 Å². The zero-order valence-corrected chi connectivity index (χ0v) is 12.2. The predicted octanol–water partition coefficient (Wildman–Crippen LogP) is 2.38. The van der Waals surface area contributed by atoms with E-state index in [0.29, 0.717) is 6.10 Å². The Morgan fingerprint density at radius 2 is 2.28 bits per heavy atom. The molecule has 0 radical (unpaired) electrons. The number of aryl methyl sites for hydroxylation is 2. The van der Waals surface area contributed by atoms with Gasteiger partial charge in [-0.25, -0.2) is 0 Å². The molecule has 1 aliphatic heterocycles. The summed E-state index contributed by atoms with van der Waals surface area (Å²) in [6.45, 7) is 7.87. The minimum Gasteiger partial charge on any atom is -0.377 e. The molecule has 5 heteroatoms. The van der Waals surface area contributed by atoms with Gasteiger partial charge in [0.25, 0.3) is 0 Å². The summed E-state index contributed by atoms with van der Waals surface area (Å²) in [5, 5.41) is 5.11. The van der Waals surface area contributed by atoms with Crippen LogP contribution in [-0.2, 0) is 18.3 Å². The van der Waals surface area contributed by atoms with E-state index in [1.54, 1.807) is 4.68 Å². The molecule has 1 unspecified atom stereocenters. The van der Waals surface area contributed by atoms with Crippen molar-refractivity contribution in [2.75, 3.05) is 19.7 Å². The quantitative estimate of drug-likeness (QED) is 0.842. The molecule has 0 amide bonds. The molecule has 1 saturated heterocycles. The molecule has 0 aromatic carbocycles. The van der Waals surface area contributed by atoms with Crippen molar-refractivity contribution < 1.29 is 4.74 Å². The number of hydrogen-bond acceptors (Lipinski definition) is 3. The second-order valence-corrected chi connectivity index (χ2v) is 5.29. The Kier molecular flexibility index (Phi) is 4.65. The number of rotatable bonds is 4. The largest absolute Gasteiger partial charge is 0.377 e. The van der Waals surface area contributed by atoms with Gasteiger partial charge in [0, 0.05) is 32.3 Å². The molecular weight excluding hydrogens is 250 g/mol. The lowest BCUT2D eigenvalue weighted by Crippen LogP contribution is -2.39. The lowest BCUT2D eigenvalue weighted by atomic mass is 10.1. The third-order valence-corrected chi connectivity index (χ3v) is 3.99. The summed E-state index contributed by atoms with van der Waals surface area (Å²) in [4.78, 5) is 2.42. The number of aromatic nitrogens is 2. The van der Waals surface area contributed by atoms with E-state index in [1.165, 1.54) is 12.8 Å². The molecule has 18 heavy (non-hydrogen) atoms. The van der Waals surface area contributed by atoms with Crippen LogP contribution in [0.25, 0.3) is 0 Å². The fourth-order valence-electron chi connectivity index (χ4n) is 2.61. The monoisotopic (exact) mass is 271 g/mol. The van der Waals surface area contributed by atoms with Gasteiger partial charge >= 0.3 is 0 Å². The Labute approximate surface area is 114 Å². The van der Waals surface area contributed by atoms with Crippen LogP contribution in [-0.4, -0.2) is 40.5 Å². The van der Waals surface area contributed by atoms with Crippen molar-refractivity contribution in [3.63, 3.8) is 0 Å². The Morgan fingerprint density at radius 3 is 2.89 bits per heavy atom. The van der Waals surface area contributed by atoms with Crippen molar-refractivity contribution in [1.82, 2.24) is 14.7 Å². The van der Waals surface area contributed by atoms with Crippen molar-refractivity contribution in [3.05, 3.63) is 16.4 Å². The first-order chi connectivity index (χ1) is 8.61. The summed E-state index contributed by atoms with van der Waals surface area (Å²) in [5.74, 6) is 0. The highest BCUT2D eigenvalue weighted by atomic mass is 35.5. The van der Waals surface area contributed by atoms with Crippen molar-refractivity contribution in [2.45, 2.75) is 39.3 Å². The maximum Gasteiger partial charge on any atom is 0.131 e. The highest BCUT2D eigenvalue weighted by Gasteiger charge is 2.22. The molecule has 1 aromatic heterocycles. The van der Waals surface area contributed by atoms with Crippen LogP contribution in [0.2, 0.25) is 5.15 Å². The summed E-state index contributed by atoms with van der Waals surface area (Å²) in [7, 11) is 1.89. The summed E-state index contributed by atoms with van der Waals surface area (Å²) in [6, 6.07) is 0. The molecule has 2 heterocycles. The molecule has 1 atom stereocenters. The molecule has 0 saturated carbocycles. The number of hydrogen-bond donors (Lipinski definition) is 0. The SMILES string of the molecule is CCOC1CCCN(Cc2c(C)nn(C)c2Cl)C1. The first-order valence-electron chi connectivity index (χ1n) is 6.63. The van der Waals surface area contributed by atoms with E-state index in [1.807, 2.05) is 14.0 Å². The van der Waals surface area contributed by atoms with Gasteiger partial charge in [-0.1, -0.05) is 11.6 Å². The molecule has 1 fully saturated rings. The molecule has 0 spiro atoms. The summed E-state index contributed by atoms with van der Waals surface area (Å²) >= 11 is 6.27. The molecule has 1 aromatic rings. The Morgan fingerprint density at radius 1 is 1.50 bits per heavy atom. The van der Waals surface area contributed by atoms with Crippen LogP contribution in [0.15, 0.2) is 0 Å². The zero-order valence-electron chi connectivity index (χ0n) is 11.4. The summed E-state index contributed by atoms with van der Waals surface area (Å²) in [6.07, 6.45) is 2.74. The van der Waals surface area contributed by atoms with Crippen LogP contribution in [0.4, 0.5) is 0 Å². The topological polar surface area (TPSA) is 30.3 Å². The van der Waals surface area contributed by atoms with E-state index < -0.39 is 0 Å². The summed E-state index contributed by atoms with van der Waals surface area (Å²) in [5.41, 5.74) is 2.18. The van der Waals surface area contributed by atoms with Crippen molar-refractivity contribution in [2.24, 2.45) is 7.05 Å². The number of ether oxygens (including phenoxy) is 1. The van der Waals surface area contributed by atoms with E-state index in [2.05, 4.69) is 16.9 Å². The third-order valence-electron chi connectivity index (χ3n) is 3.52. The highest BCUT2D eigenvalue weighted by Crippen LogP contribution is 2.23. The second-order valence-electron chi connectivity index (χ2n) is 4.93. The van der Waals surface area contributed by atoms with Gasteiger partial charge < -0.3 is 4.74 Å². The number of piperidine rings is 1. The van der Waals surface area contributed by atoms with Crippen LogP contribution < -0.4 is 0 Å². The normalized spacial score (nSPS) is 21.4. The third kappa shape index (κ3) is 3.05. The van der Waals surface area contributed by atoms with E-state index >= 15 is 0 Å². The van der Waals surface area contributed by atoms with Gasteiger partial charge in [-0.3, -0.25) is 9.58 Å². The van der Waals surface area contributed by atoms with Gasteiger partial charge in [0.15, 0.2) is 0 Å². The molecular formula is C13H22ClN3O. The molecule has 0 bridgehead atoms. The lowest BCUT2D eigenvalue weighted by molar-refractivity contribution is 0.00358. The molecule has 4 nitrogen and oxygen atoms in total. The average Bonchev–Trinajstić information content (AvgIpc) is 2.57. The van der Waals surface area contributed by atoms with Crippen molar-refractivity contribution >= 4 is 11.6 Å². The van der Waals surface area contributed by atoms with Crippen molar-refractivity contribution in [3.8, 4) is 0 Å². The van der Waals surface area contributed by atoms with Gasteiger partial charge in [-0.15, -0.1) is 0 Å². The Bertz CT molecular complexity index is 403. The van der Waals surface area contributed by atoms with Gasteiger partial charge in [-0.05, 0) is 33.2 Å². The fraction of sp³-hybridized carbons (Fsp3) is 0.769. The molecule has 102 valence electrons. The molecule has 0 aliphatic carbocycles. The molecule has 0 N–H and O–H groups in total. The van der Waals surface area contributed by atoms with Crippen LogP contribution in [0.3, 0.4) is 0 Å². The van der Waals surface area contributed by atoms with Gasteiger partial charge in [0.05, 0.1) is 11.8 Å². The van der Waals surface area contributed by atoms with Crippen LogP contribution in [0.5, 0.6) is 0 Å².